The molecule has 1 fully saturated rings. The van der Waals surface area contributed by atoms with Crippen LogP contribution < -0.4 is 10.2 Å². The van der Waals surface area contributed by atoms with Crippen molar-refractivity contribution in [2.24, 2.45) is 13.0 Å². The normalized spacial score (nSPS) is 23.5. The van der Waals surface area contributed by atoms with Crippen molar-refractivity contribution >= 4 is 5.95 Å². The molecule has 0 unspecified atom stereocenters. The van der Waals surface area contributed by atoms with Crippen LogP contribution in [0.3, 0.4) is 0 Å². The molecule has 0 radical (unpaired) electrons. The molecule has 0 saturated heterocycles. The summed E-state index contributed by atoms with van der Waals surface area (Å²) in [7, 11) is 6.02. The topological polar surface area (TPSA) is 53.3 Å². The molecule has 0 aromatic carbocycles. The summed E-state index contributed by atoms with van der Waals surface area (Å²) in [4.78, 5) is 6.37. The Hall–Kier alpha value is -1.07. The zero-order chi connectivity index (χ0) is 12.4. The highest BCUT2D eigenvalue weighted by molar-refractivity contribution is 5.30. The highest BCUT2D eigenvalue weighted by Crippen LogP contribution is 2.26. The maximum absolute atomic E-state index is 9.20. The van der Waals surface area contributed by atoms with Crippen molar-refractivity contribution in [3.05, 3.63) is 11.9 Å². The molecule has 2 rings (SSSR count). The molecule has 1 aromatic heterocycles. The minimum absolute atomic E-state index is 0.0566. The third-order valence-electron chi connectivity index (χ3n) is 3.41. The Morgan fingerprint density at radius 3 is 2.76 bits per heavy atom. The van der Waals surface area contributed by atoms with Gasteiger partial charge in [-0.25, -0.2) is 4.98 Å². The van der Waals surface area contributed by atoms with Gasteiger partial charge in [-0.2, -0.15) is 0 Å². The number of nitrogens with one attached hydrogen (secondary N) is 1. The van der Waals surface area contributed by atoms with E-state index in [1.165, 1.54) is 5.69 Å². The lowest BCUT2D eigenvalue weighted by molar-refractivity contribution is 0.0429. The lowest BCUT2D eigenvalue weighted by atomic mass is 9.82. The van der Waals surface area contributed by atoms with Crippen molar-refractivity contribution in [1.82, 2.24) is 14.9 Å². The minimum atomic E-state index is -0.0566. The van der Waals surface area contributed by atoms with Crippen LogP contribution in [0.5, 0.6) is 0 Å². The van der Waals surface area contributed by atoms with Gasteiger partial charge in [0.25, 0.3) is 0 Å². The molecule has 1 aromatic rings. The van der Waals surface area contributed by atoms with Crippen molar-refractivity contribution in [2.75, 3.05) is 25.5 Å². The molecule has 1 saturated carbocycles. The van der Waals surface area contributed by atoms with Gasteiger partial charge < -0.3 is 19.9 Å². The lowest BCUT2D eigenvalue weighted by Crippen LogP contribution is -2.36. The Bertz CT molecular complexity index is 369. The second-order valence-electron chi connectivity index (χ2n) is 5.13. The molecule has 0 amide bonds. The van der Waals surface area contributed by atoms with Crippen molar-refractivity contribution in [3.8, 4) is 0 Å². The van der Waals surface area contributed by atoms with Crippen LogP contribution >= 0.6 is 0 Å². The van der Waals surface area contributed by atoms with E-state index in [2.05, 4.69) is 14.9 Å². The molecule has 0 spiro atoms. The van der Waals surface area contributed by atoms with Crippen LogP contribution in [0, 0.1) is 5.92 Å². The van der Waals surface area contributed by atoms with E-state index in [0.717, 1.165) is 31.9 Å². The first kappa shape index (κ1) is 12.4. The predicted octanol–water partition coefficient (Wildman–Crippen LogP) is 0.347. The Labute approximate surface area is 102 Å². The van der Waals surface area contributed by atoms with Crippen LogP contribution in [0.2, 0.25) is 0 Å². The van der Waals surface area contributed by atoms with Gasteiger partial charge in [0.2, 0.25) is 5.95 Å². The highest BCUT2D eigenvalue weighted by atomic mass is 16.3. The number of aliphatic hydroxyl groups is 1. The summed E-state index contributed by atoms with van der Waals surface area (Å²) in [6.07, 6.45) is 3.75. The molecule has 5 nitrogen and oxygen atoms in total. The maximum atomic E-state index is 9.20. The van der Waals surface area contributed by atoms with E-state index in [1.54, 1.807) is 0 Å². The van der Waals surface area contributed by atoms with Crippen molar-refractivity contribution < 1.29 is 5.11 Å². The largest absolute Gasteiger partial charge is 0.393 e. The third-order valence-corrected chi connectivity index (χ3v) is 3.41. The molecule has 1 aliphatic carbocycles. The monoisotopic (exact) mass is 238 g/mol. The first-order chi connectivity index (χ1) is 8.08. The van der Waals surface area contributed by atoms with Gasteiger partial charge in [0, 0.05) is 27.7 Å². The molecular weight excluding hydrogens is 216 g/mol. The second kappa shape index (κ2) is 5.06. The van der Waals surface area contributed by atoms with E-state index >= 15 is 0 Å². The van der Waals surface area contributed by atoms with Gasteiger partial charge in [-0.1, -0.05) is 0 Å². The standard InChI is InChI=1S/C12H22N4O/c1-15(2)12-14-8-10(16(12)3)7-13-6-9-4-11(17)5-9/h8-9,11,13,17H,4-7H2,1-3H3. The molecule has 0 aliphatic heterocycles. The number of aliphatic hydroxyl groups excluding tert-OH is 1. The highest BCUT2D eigenvalue weighted by Gasteiger charge is 2.26. The van der Waals surface area contributed by atoms with Crippen molar-refractivity contribution in [1.29, 1.82) is 0 Å². The quantitative estimate of drug-likeness (QED) is 0.777. The van der Waals surface area contributed by atoms with Crippen LogP contribution in [-0.2, 0) is 13.6 Å². The van der Waals surface area contributed by atoms with Gasteiger partial charge >= 0.3 is 0 Å². The van der Waals surface area contributed by atoms with E-state index < -0.39 is 0 Å². The van der Waals surface area contributed by atoms with Gasteiger partial charge in [0.05, 0.1) is 18.0 Å². The molecular formula is C12H22N4O. The van der Waals surface area contributed by atoms with Crippen molar-refractivity contribution in [2.45, 2.75) is 25.5 Å². The zero-order valence-electron chi connectivity index (χ0n) is 10.8. The van der Waals surface area contributed by atoms with Crippen molar-refractivity contribution in [3.63, 3.8) is 0 Å². The van der Waals surface area contributed by atoms with E-state index in [4.69, 9.17) is 0 Å². The molecule has 96 valence electrons. The first-order valence-electron chi connectivity index (χ1n) is 6.14. The Kier molecular flexibility index (Phi) is 3.69. The third kappa shape index (κ3) is 2.79. The smallest absolute Gasteiger partial charge is 0.204 e. The van der Waals surface area contributed by atoms with E-state index in [-0.39, 0.29) is 6.10 Å². The van der Waals surface area contributed by atoms with Crippen LogP contribution in [0.15, 0.2) is 6.20 Å². The fourth-order valence-electron chi connectivity index (χ4n) is 2.29. The Morgan fingerprint density at radius 2 is 2.24 bits per heavy atom. The fourth-order valence-corrected chi connectivity index (χ4v) is 2.29. The first-order valence-corrected chi connectivity index (χ1v) is 6.14. The molecule has 1 heterocycles. The van der Waals surface area contributed by atoms with E-state index in [0.29, 0.717) is 5.92 Å². The predicted molar refractivity (Wildman–Crippen MR) is 68.0 cm³/mol. The number of anilines is 1. The van der Waals surface area contributed by atoms with Crippen LogP contribution in [-0.4, -0.2) is 41.4 Å². The second-order valence-corrected chi connectivity index (χ2v) is 5.13. The van der Waals surface area contributed by atoms with Crippen LogP contribution in [0.1, 0.15) is 18.5 Å². The number of rotatable bonds is 5. The molecule has 1 aliphatic rings. The Morgan fingerprint density at radius 1 is 1.53 bits per heavy atom. The minimum Gasteiger partial charge on any atom is -0.393 e. The molecule has 5 heteroatoms. The lowest BCUT2D eigenvalue weighted by Gasteiger charge is -2.31. The molecule has 0 bridgehead atoms. The van der Waals surface area contributed by atoms with E-state index in [9.17, 15) is 5.11 Å². The number of hydrogen-bond donors (Lipinski definition) is 2. The maximum Gasteiger partial charge on any atom is 0.204 e. The molecule has 17 heavy (non-hydrogen) atoms. The SMILES string of the molecule is CN(C)c1ncc(CNCC2CC(O)C2)n1C. The number of imidazole rings is 1. The Balaban J connectivity index is 1.79. The molecule has 0 atom stereocenters. The number of aromatic nitrogens is 2. The summed E-state index contributed by atoms with van der Waals surface area (Å²) in [5, 5.41) is 12.6. The van der Waals surface area contributed by atoms with Gasteiger partial charge in [-0.15, -0.1) is 0 Å². The summed E-state index contributed by atoms with van der Waals surface area (Å²) in [6.45, 7) is 1.82. The number of nitrogens with zero attached hydrogens (tertiary/aromatic N) is 3. The molecule has 2 N–H and O–H groups in total. The summed E-state index contributed by atoms with van der Waals surface area (Å²) in [5.41, 5.74) is 1.19. The fraction of sp³-hybridized carbons (Fsp3) is 0.750. The van der Waals surface area contributed by atoms with E-state index in [1.807, 2.05) is 32.2 Å². The van der Waals surface area contributed by atoms with Gasteiger partial charge in [0.1, 0.15) is 0 Å². The van der Waals surface area contributed by atoms with Gasteiger partial charge in [-0.05, 0) is 25.3 Å². The number of hydrogen-bond acceptors (Lipinski definition) is 4. The average molecular weight is 238 g/mol. The van der Waals surface area contributed by atoms with Crippen LogP contribution in [0.4, 0.5) is 5.95 Å². The summed E-state index contributed by atoms with van der Waals surface area (Å²) >= 11 is 0. The zero-order valence-corrected chi connectivity index (χ0v) is 10.8. The van der Waals surface area contributed by atoms with Gasteiger partial charge in [-0.3, -0.25) is 0 Å². The van der Waals surface area contributed by atoms with Gasteiger partial charge in [0.15, 0.2) is 0 Å². The van der Waals surface area contributed by atoms with Crippen LogP contribution in [0.25, 0.3) is 0 Å². The summed E-state index contributed by atoms with van der Waals surface area (Å²) < 4.78 is 2.10. The summed E-state index contributed by atoms with van der Waals surface area (Å²) in [6, 6.07) is 0. The summed E-state index contributed by atoms with van der Waals surface area (Å²) in [5.74, 6) is 1.62. The average Bonchev–Trinajstić information content (AvgIpc) is 2.58.